The lowest BCUT2D eigenvalue weighted by Crippen LogP contribution is -2.16. The summed E-state index contributed by atoms with van der Waals surface area (Å²) in [6.07, 6.45) is 7.51. The highest BCUT2D eigenvalue weighted by molar-refractivity contribution is 6.62. The van der Waals surface area contributed by atoms with Gasteiger partial charge >= 0.3 is 0 Å². The maximum absolute atomic E-state index is 8.91. The number of hydrogen-bond donors (Lipinski definition) is 3. The van der Waals surface area contributed by atoms with Gasteiger partial charge in [0.05, 0.1) is 11.4 Å². The lowest BCUT2D eigenvalue weighted by molar-refractivity contribution is 1.33. The molecule has 0 unspecified atom stereocenters. The van der Waals surface area contributed by atoms with Crippen molar-refractivity contribution in [2.75, 3.05) is 5.73 Å². The Balaban J connectivity index is 0.000000259. The number of nitrogen functional groups attached to an aromatic ring is 1. The summed E-state index contributed by atoms with van der Waals surface area (Å²) in [4.78, 5) is 4.05. The summed E-state index contributed by atoms with van der Waals surface area (Å²) in [6.45, 7) is 0. The Hall–Kier alpha value is -7.17. The quantitative estimate of drug-likeness (QED) is 0.125. The molecule has 1 aliphatic carbocycles. The summed E-state index contributed by atoms with van der Waals surface area (Å²) in [6, 6.07) is 58.0. The molecular weight excluding hydrogens is 645 g/mol. The Morgan fingerprint density at radius 1 is 0.415 bits per heavy atom. The first-order chi connectivity index (χ1) is 26.0. The Kier molecular flexibility index (Phi) is 9.08. The summed E-state index contributed by atoms with van der Waals surface area (Å²) < 4.78 is 0. The molecule has 0 radical (unpaired) electrons. The smallest absolute Gasteiger partial charge is 0.0868 e. The van der Waals surface area contributed by atoms with Crippen molar-refractivity contribution >= 4 is 49.8 Å². The summed E-state index contributed by atoms with van der Waals surface area (Å²) in [7, 11) is 0. The Morgan fingerprint density at radius 3 is 1.47 bits per heavy atom. The number of rotatable bonds is 5. The number of nitrogens with zero attached hydrogens (tertiary/aromatic N) is 1. The van der Waals surface area contributed by atoms with Crippen molar-refractivity contribution in [2.45, 2.75) is 0 Å². The summed E-state index contributed by atoms with van der Waals surface area (Å²) in [5.74, 6) is 0. The lowest BCUT2D eigenvalue weighted by atomic mass is 9.83. The molecule has 7 aromatic carbocycles. The number of nitrogens with one attached hydrogen (secondary N) is 2. The average Bonchev–Trinajstić information content (AvgIpc) is 3.22. The standard InChI is InChI=1S/C38H26N2.C11H10N2/c39-37-24-27(30-20-19-28(25-11-3-1-4-12-25)31-15-7-8-17-33(30)31)23-36(38(37)40)35-22-21-29(26-13-5-2-6-14-26)32-16-9-10-18-34(32)35;12-11-5-1-3-9(7-11)10-4-2-6-13-8-10/h1-24,39-40H;1-8H,12H2. The molecule has 1 aliphatic rings. The predicted molar refractivity (Wildman–Crippen MR) is 224 cm³/mol. The molecule has 1 aromatic heterocycles. The van der Waals surface area contributed by atoms with Crippen LogP contribution in [0.4, 0.5) is 5.69 Å². The van der Waals surface area contributed by atoms with Gasteiger partial charge in [0.25, 0.3) is 0 Å². The molecule has 4 N–H and O–H groups in total. The number of nitrogens with two attached hydrogens (primary N) is 1. The van der Waals surface area contributed by atoms with Crippen LogP contribution in [0.2, 0.25) is 0 Å². The van der Waals surface area contributed by atoms with E-state index < -0.39 is 0 Å². The van der Waals surface area contributed by atoms with Crippen LogP contribution in [0, 0.1) is 10.8 Å². The van der Waals surface area contributed by atoms with Gasteiger partial charge in [-0.15, -0.1) is 0 Å². The normalized spacial score (nSPS) is 12.5. The molecule has 0 amide bonds. The molecule has 9 rings (SSSR count). The number of aromatic nitrogens is 1. The highest BCUT2D eigenvalue weighted by Crippen LogP contribution is 2.39. The van der Waals surface area contributed by atoms with Gasteiger partial charge in [0.1, 0.15) is 0 Å². The fourth-order valence-electron chi connectivity index (χ4n) is 7.09. The lowest BCUT2D eigenvalue weighted by Gasteiger charge is -2.20. The van der Waals surface area contributed by atoms with Crippen LogP contribution in [0.5, 0.6) is 0 Å². The van der Waals surface area contributed by atoms with Crippen LogP contribution in [-0.4, -0.2) is 16.4 Å². The highest BCUT2D eigenvalue weighted by Gasteiger charge is 2.22. The third-order valence-electron chi connectivity index (χ3n) is 9.64. The largest absolute Gasteiger partial charge is 0.399 e. The van der Waals surface area contributed by atoms with Crippen molar-refractivity contribution in [3.63, 3.8) is 0 Å². The van der Waals surface area contributed by atoms with Gasteiger partial charge in [0.2, 0.25) is 0 Å². The van der Waals surface area contributed by atoms with E-state index in [-0.39, 0.29) is 11.4 Å². The van der Waals surface area contributed by atoms with Gasteiger partial charge in [0.15, 0.2) is 0 Å². The molecular formula is C49H36N4. The minimum absolute atomic E-state index is 0.222. The minimum Gasteiger partial charge on any atom is -0.399 e. The highest BCUT2D eigenvalue weighted by atomic mass is 14.6. The van der Waals surface area contributed by atoms with Gasteiger partial charge in [-0.2, -0.15) is 0 Å². The van der Waals surface area contributed by atoms with E-state index in [2.05, 4.69) is 126 Å². The van der Waals surface area contributed by atoms with E-state index >= 15 is 0 Å². The van der Waals surface area contributed by atoms with Crippen molar-refractivity contribution in [3.8, 4) is 33.4 Å². The molecule has 53 heavy (non-hydrogen) atoms. The fraction of sp³-hybridized carbons (Fsp3) is 0. The zero-order valence-corrected chi connectivity index (χ0v) is 29.0. The zero-order valence-electron chi connectivity index (χ0n) is 29.0. The second-order valence-electron chi connectivity index (χ2n) is 13.0. The van der Waals surface area contributed by atoms with Crippen LogP contribution >= 0.6 is 0 Å². The van der Waals surface area contributed by atoms with Gasteiger partial charge in [-0.1, -0.05) is 152 Å². The zero-order chi connectivity index (χ0) is 36.1. The number of pyridine rings is 1. The van der Waals surface area contributed by atoms with E-state index in [0.717, 1.165) is 66.4 Å². The minimum atomic E-state index is 0.222. The van der Waals surface area contributed by atoms with E-state index in [9.17, 15) is 0 Å². The van der Waals surface area contributed by atoms with E-state index in [0.29, 0.717) is 0 Å². The number of benzene rings is 7. The van der Waals surface area contributed by atoms with Crippen molar-refractivity contribution in [1.82, 2.24) is 4.98 Å². The van der Waals surface area contributed by atoms with Crippen molar-refractivity contribution in [2.24, 2.45) is 0 Å². The monoisotopic (exact) mass is 680 g/mol. The van der Waals surface area contributed by atoms with Crippen LogP contribution in [0.3, 0.4) is 0 Å². The third-order valence-corrected chi connectivity index (χ3v) is 9.64. The second kappa shape index (κ2) is 14.6. The van der Waals surface area contributed by atoms with Crippen molar-refractivity contribution < 1.29 is 0 Å². The molecule has 0 aliphatic heterocycles. The molecule has 252 valence electrons. The Bertz CT molecular complexity index is 2690. The summed E-state index contributed by atoms with van der Waals surface area (Å²) in [5, 5.41) is 22.2. The molecule has 0 saturated heterocycles. The fourth-order valence-corrected chi connectivity index (χ4v) is 7.09. The SMILES string of the molecule is N=C1C=C(c2ccc(-c3ccccc3)c3ccccc23)C=C(c2ccc(-c3ccccc3)c3ccccc23)C1=N.Nc1cccc(-c2cccnc2)c1. The molecule has 4 nitrogen and oxygen atoms in total. The predicted octanol–water partition coefficient (Wildman–Crippen LogP) is 12.2. The van der Waals surface area contributed by atoms with Crippen molar-refractivity contribution in [3.05, 3.63) is 206 Å². The van der Waals surface area contributed by atoms with Crippen LogP contribution in [-0.2, 0) is 0 Å². The first-order valence-electron chi connectivity index (χ1n) is 17.6. The molecule has 8 aromatic rings. The maximum atomic E-state index is 8.91. The molecule has 1 heterocycles. The molecule has 0 bridgehead atoms. The van der Waals surface area contributed by atoms with E-state index in [1.165, 1.54) is 16.5 Å². The Labute approximate surface area is 309 Å². The Morgan fingerprint density at radius 2 is 0.906 bits per heavy atom. The second-order valence-corrected chi connectivity index (χ2v) is 13.0. The number of hydrogen-bond acceptors (Lipinski definition) is 4. The van der Waals surface area contributed by atoms with E-state index in [1.807, 2.05) is 66.9 Å². The topological polar surface area (TPSA) is 86.6 Å². The van der Waals surface area contributed by atoms with Crippen LogP contribution < -0.4 is 5.73 Å². The molecule has 4 heteroatoms. The molecule has 0 spiro atoms. The summed E-state index contributed by atoms with van der Waals surface area (Å²) >= 11 is 0. The van der Waals surface area contributed by atoms with E-state index in [1.54, 1.807) is 6.20 Å². The van der Waals surface area contributed by atoms with Gasteiger partial charge < -0.3 is 5.73 Å². The van der Waals surface area contributed by atoms with Crippen LogP contribution in [0.1, 0.15) is 11.1 Å². The number of allylic oxidation sites excluding steroid dienone is 4. The van der Waals surface area contributed by atoms with E-state index in [4.69, 9.17) is 16.6 Å². The van der Waals surface area contributed by atoms with Gasteiger partial charge in [-0.25, -0.2) is 0 Å². The third kappa shape index (κ3) is 6.69. The first-order valence-corrected chi connectivity index (χ1v) is 17.6. The van der Waals surface area contributed by atoms with Crippen LogP contribution in [0.25, 0.3) is 66.1 Å². The number of fused-ring (bicyclic) bond motifs is 2. The summed E-state index contributed by atoms with van der Waals surface area (Å²) in [5.41, 5.74) is 17.6. The van der Waals surface area contributed by atoms with Gasteiger partial charge in [-0.05, 0) is 96.4 Å². The molecule has 0 saturated carbocycles. The van der Waals surface area contributed by atoms with Crippen LogP contribution in [0.15, 0.2) is 194 Å². The number of anilines is 1. The van der Waals surface area contributed by atoms with Crippen molar-refractivity contribution in [1.29, 1.82) is 10.8 Å². The molecule has 0 fully saturated rings. The van der Waals surface area contributed by atoms with Gasteiger partial charge in [0, 0.05) is 29.2 Å². The first kappa shape index (κ1) is 33.0. The maximum Gasteiger partial charge on any atom is 0.0868 e. The molecule has 0 atom stereocenters. The average molecular weight is 681 g/mol. The van der Waals surface area contributed by atoms with Gasteiger partial charge in [-0.3, -0.25) is 15.8 Å².